The van der Waals surface area contributed by atoms with Crippen molar-refractivity contribution < 1.29 is 4.74 Å². The Hall–Kier alpha value is -1.46. The van der Waals surface area contributed by atoms with Crippen LogP contribution >= 0.6 is 11.8 Å². The predicted molar refractivity (Wildman–Crippen MR) is 86.5 cm³/mol. The Bertz CT molecular complexity index is 614. The number of ether oxygens (including phenoxy) is 1. The van der Waals surface area contributed by atoms with Crippen molar-refractivity contribution in [3.8, 4) is 0 Å². The molecule has 1 aromatic carbocycles. The Balaban J connectivity index is 1.57. The molecule has 1 aliphatic heterocycles. The number of pyridine rings is 1. The van der Waals surface area contributed by atoms with Gasteiger partial charge in [-0.1, -0.05) is 23.4 Å². The monoisotopic (exact) mass is 302 g/mol. The van der Waals surface area contributed by atoms with E-state index in [1.165, 1.54) is 5.56 Å². The van der Waals surface area contributed by atoms with Gasteiger partial charge in [0, 0.05) is 29.7 Å². The summed E-state index contributed by atoms with van der Waals surface area (Å²) in [5.74, 6) is 1.55. The van der Waals surface area contributed by atoms with Crippen LogP contribution in [0.15, 0.2) is 41.7 Å². The molecule has 110 valence electrons. The van der Waals surface area contributed by atoms with E-state index in [0.29, 0.717) is 5.75 Å². The van der Waals surface area contributed by atoms with Gasteiger partial charge in [0.25, 0.3) is 0 Å². The summed E-state index contributed by atoms with van der Waals surface area (Å²) >= 11 is 1.72. The van der Waals surface area contributed by atoms with Gasteiger partial charge in [-0.25, -0.2) is 0 Å². The lowest BCUT2D eigenvalue weighted by atomic mass is 10.1. The van der Waals surface area contributed by atoms with E-state index in [0.717, 1.165) is 36.1 Å². The number of nitroso groups, excluding NO2 is 1. The molecule has 5 heteroatoms. The standard InChI is InChI=1S/C16H18N2O2S/c19-18-15(16-6-3-7-20-16)11-21-10-12-8-13-4-1-2-5-14(13)17-9-12/h1-2,4-5,8-9,15-16H,3,6-7,10-11H2. The Morgan fingerprint density at radius 3 is 3.14 bits per heavy atom. The van der Waals surface area contributed by atoms with Crippen LogP contribution < -0.4 is 0 Å². The Morgan fingerprint density at radius 1 is 1.43 bits per heavy atom. The summed E-state index contributed by atoms with van der Waals surface area (Å²) in [7, 11) is 0. The fourth-order valence-electron chi connectivity index (χ4n) is 2.60. The molecule has 1 aromatic heterocycles. The molecule has 2 aromatic rings. The van der Waals surface area contributed by atoms with E-state index in [1.807, 2.05) is 24.4 Å². The molecule has 4 nitrogen and oxygen atoms in total. The summed E-state index contributed by atoms with van der Waals surface area (Å²) in [6.07, 6.45) is 3.92. The molecule has 1 saturated heterocycles. The Morgan fingerprint density at radius 2 is 2.33 bits per heavy atom. The summed E-state index contributed by atoms with van der Waals surface area (Å²) < 4.78 is 5.55. The van der Waals surface area contributed by atoms with Crippen LogP contribution in [0, 0.1) is 4.91 Å². The number of hydrogen-bond acceptors (Lipinski definition) is 5. The van der Waals surface area contributed by atoms with Gasteiger partial charge in [-0.2, -0.15) is 16.7 Å². The summed E-state index contributed by atoms with van der Waals surface area (Å²) in [5.41, 5.74) is 2.19. The van der Waals surface area contributed by atoms with Gasteiger partial charge in [-0.3, -0.25) is 4.98 Å². The third-order valence-electron chi connectivity index (χ3n) is 3.73. The lowest BCUT2D eigenvalue weighted by molar-refractivity contribution is 0.0960. The van der Waals surface area contributed by atoms with Crippen molar-refractivity contribution in [1.29, 1.82) is 0 Å². The summed E-state index contributed by atoms with van der Waals surface area (Å²) in [5, 5.41) is 4.39. The first-order valence-corrected chi connectivity index (χ1v) is 8.38. The van der Waals surface area contributed by atoms with Crippen LogP contribution in [0.4, 0.5) is 0 Å². The van der Waals surface area contributed by atoms with Crippen LogP contribution in [-0.2, 0) is 10.5 Å². The van der Waals surface area contributed by atoms with Crippen LogP contribution in [-0.4, -0.2) is 29.5 Å². The Kier molecular flexibility index (Phi) is 4.83. The van der Waals surface area contributed by atoms with E-state index in [-0.39, 0.29) is 12.1 Å². The van der Waals surface area contributed by atoms with Crippen LogP contribution in [0.25, 0.3) is 10.9 Å². The molecule has 0 N–H and O–H groups in total. The van der Waals surface area contributed by atoms with Gasteiger partial charge in [0.05, 0.1) is 11.6 Å². The highest BCUT2D eigenvalue weighted by molar-refractivity contribution is 7.98. The highest BCUT2D eigenvalue weighted by atomic mass is 32.2. The molecule has 0 aliphatic carbocycles. The molecule has 0 bridgehead atoms. The van der Waals surface area contributed by atoms with Crippen molar-refractivity contribution in [1.82, 2.24) is 4.98 Å². The van der Waals surface area contributed by atoms with E-state index in [1.54, 1.807) is 11.8 Å². The molecule has 1 fully saturated rings. The number of para-hydroxylation sites is 1. The van der Waals surface area contributed by atoms with Crippen molar-refractivity contribution in [2.75, 3.05) is 12.4 Å². The molecule has 0 spiro atoms. The van der Waals surface area contributed by atoms with Crippen LogP contribution in [0.2, 0.25) is 0 Å². The zero-order chi connectivity index (χ0) is 14.5. The third-order valence-corrected chi connectivity index (χ3v) is 4.85. The fourth-order valence-corrected chi connectivity index (χ4v) is 3.63. The molecule has 2 atom stereocenters. The summed E-state index contributed by atoms with van der Waals surface area (Å²) in [6, 6.07) is 10.0. The number of thioether (sulfide) groups is 1. The van der Waals surface area contributed by atoms with E-state index in [4.69, 9.17) is 4.74 Å². The molecule has 3 rings (SSSR count). The predicted octanol–water partition coefficient (Wildman–Crippen LogP) is 3.78. The van der Waals surface area contributed by atoms with Crippen molar-refractivity contribution in [2.24, 2.45) is 5.18 Å². The maximum atomic E-state index is 11.0. The SMILES string of the molecule is O=NC(CSCc1cnc2ccccc2c1)C1CCCO1. The minimum absolute atomic E-state index is 0.0183. The minimum Gasteiger partial charge on any atom is -0.376 e. The quantitative estimate of drug-likeness (QED) is 0.762. The lowest BCUT2D eigenvalue weighted by Gasteiger charge is -2.15. The van der Waals surface area contributed by atoms with E-state index in [2.05, 4.69) is 22.3 Å². The number of nitrogens with zero attached hydrogens (tertiary/aromatic N) is 2. The second kappa shape index (κ2) is 7.00. The second-order valence-corrected chi connectivity index (χ2v) is 6.31. The fraction of sp³-hybridized carbons (Fsp3) is 0.438. The molecule has 0 radical (unpaired) electrons. The van der Waals surface area contributed by atoms with Crippen molar-refractivity contribution in [3.05, 3.63) is 47.0 Å². The smallest absolute Gasteiger partial charge is 0.127 e. The summed E-state index contributed by atoms with van der Waals surface area (Å²) in [4.78, 5) is 15.4. The first-order chi connectivity index (χ1) is 10.4. The molecule has 1 aliphatic rings. The topological polar surface area (TPSA) is 51.5 Å². The number of aromatic nitrogens is 1. The third kappa shape index (κ3) is 3.60. The molecule has 2 heterocycles. The van der Waals surface area contributed by atoms with Crippen molar-refractivity contribution in [2.45, 2.75) is 30.7 Å². The van der Waals surface area contributed by atoms with E-state index < -0.39 is 0 Å². The number of benzene rings is 1. The molecule has 0 saturated carbocycles. The van der Waals surface area contributed by atoms with Crippen LogP contribution in [0.5, 0.6) is 0 Å². The maximum Gasteiger partial charge on any atom is 0.127 e. The first-order valence-electron chi connectivity index (χ1n) is 7.22. The minimum atomic E-state index is -0.231. The average molecular weight is 302 g/mol. The lowest BCUT2D eigenvalue weighted by Crippen LogP contribution is -2.25. The van der Waals surface area contributed by atoms with Gasteiger partial charge >= 0.3 is 0 Å². The first kappa shape index (κ1) is 14.5. The molecular weight excluding hydrogens is 284 g/mol. The van der Waals surface area contributed by atoms with Gasteiger partial charge in [0.1, 0.15) is 6.04 Å². The van der Waals surface area contributed by atoms with Gasteiger partial charge < -0.3 is 4.74 Å². The van der Waals surface area contributed by atoms with Gasteiger partial charge in [0.2, 0.25) is 0 Å². The number of hydrogen-bond donors (Lipinski definition) is 0. The largest absolute Gasteiger partial charge is 0.376 e. The van der Waals surface area contributed by atoms with E-state index in [9.17, 15) is 4.91 Å². The molecule has 0 amide bonds. The van der Waals surface area contributed by atoms with E-state index >= 15 is 0 Å². The van der Waals surface area contributed by atoms with Crippen molar-refractivity contribution >= 4 is 22.7 Å². The van der Waals surface area contributed by atoms with Gasteiger partial charge in [0.15, 0.2) is 0 Å². The molecular formula is C16H18N2O2S. The van der Waals surface area contributed by atoms with Gasteiger partial charge in [-0.05, 0) is 30.5 Å². The van der Waals surface area contributed by atoms with Gasteiger partial charge in [-0.15, -0.1) is 0 Å². The maximum absolute atomic E-state index is 11.0. The average Bonchev–Trinajstić information content (AvgIpc) is 3.05. The normalized spacial score (nSPS) is 19.7. The highest BCUT2D eigenvalue weighted by Gasteiger charge is 2.26. The Labute approximate surface area is 128 Å². The highest BCUT2D eigenvalue weighted by Crippen LogP contribution is 2.23. The van der Waals surface area contributed by atoms with Crippen molar-refractivity contribution in [3.63, 3.8) is 0 Å². The zero-order valence-electron chi connectivity index (χ0n) is 11.8. The van der Waals surface area contributed by atoms with Crippen LogP contribution in [0.3, 0.4) is 0 Å². The second-order valence-electron chi connectivity index (χ2n) is 5.28. The molecule has 2 unspecified atom stereocenters. The van der Waals surface area contributed by atoms with Crippen LogP contribution in [0.1, 0.15) is 18.4 Å². The number of rotatable bonds is 6. The number of fused-ring (bicyclic) bond motifs is 1. The molecule has 21 heavy (non-hydrogen) atoms. The zero-order valence-corrected chi connectivity index (χ0v) is 12.6. The summed E-state index contributed by atoms with van der Waals surface area (Å²) in [6.45, 7) is 0.760.